The summed E-state index contributed by atoms with van der Waals surface area (Å²) in [6, 6.07) is 12.0. The molecule has 0 spiro atoms. The van der Waals surface area contributed by atoms with Crippen LogP contribution in [-0.2, 0) is 0 Å². The Bertz CT molecular complexity index is 677. The van der Waals surface area contributed by atoms with E-state index >= 15 is 0 Å². The van der Waals surface area contributed by atoms with Crippen molar-refractivity contribution in [1.82, 2.24) is 0 Å². The minimum absolute atomic E-state index is 0.0588. The van der Waals surface area contributed by atoms with Crippen molar-refractivity contribution >= 4 is 11.7 Å². The lowest BCUT2D eigenvalue weighted by atomic mass is 10.2. The highest BCUT2D eigenvalue weighted by Crippen LogP contribution is 2.19. The minimum Gasteiger partial charge on any atom is -0.493 e. The van der Waals surface area contributed by atoms with Crippen LogP contribution in [0, 0.1) is 16.0 Å². The van der Waals surface area contributed by atoms with Gasteiger partial charge in [-0.2, -0.15) is 0 Å². The third-order valence-electron chi connectivity index (χ3n) is 2.93. The molecule has 2 rings (SSSR count). The molecule has 120 valence electrons. The summed E-state index contributed by atoms with van der Waals surface area (Å²) >= 11 is 0. The van der Waals surface area contributed by atoms with Gasteiger partial charge in [0.25, 0.3) is 5.69 Å². The number of carbonyl (C=O) groups excluding carboxylic acids is 1. The zero-order valence-corrected chi connectivity index (χ0v) is 12.9. The number of hydrogen-bond acceptors (Lipinski definition) is 5. The summed E-state index contributed by atoms with van der Waals surface area (Å²) in [7, 11) is 0. The maximum Gasteiger partial charge on any atom is 0.343 e. The fourth-order valence-corrected chi connectivity index (χ4v) is 1.75. The van der Waals surface area contributed by atoms with Gasteiger partial charge in [-0.15, -0.1) is 0 Å². The van der Waals surface area contributed by atoms with Crippen LogP contribution in [0.3, 0.4) is 0 Å². The van der Waals surface area contributed by atoms with Crippen molar-refractivity contribution in [2.24, 2.45) is 5.92 Å². The molecular formula is C17H17NO5. The number of non-ortho nitro benzene ring substituents is 1. The number of esters is 1. The molecule has 0 unspecified atom stereocenters. The van der Waals surface area contributed by atoms with Crippen molar-refractivity contribution in [2.45, 2.75) is 13.8 Å². The van der Waals surface area contributed by atoms with E-state index in [4.69, 9.17) is 9.47 Å². The highest BCUT2D eigenvalue weighted by Gasteiger charge is 2.10. The number of hydrogen-bond donors (Lipinski definition) is 0. The zero-order chi connectivity index (χ0) is 16.8. The first kappa shape index (κ1) is 16.5. The smallest absolute Gasteiger partial charge is 0.343 e. The lowest BCUT2D eigenvalue weighted by molar-refractivity contribution is -0.384. The van der Waals surface area contributed by atoms with Crippen LogP contribution in [0.15, 0.2) is 48.5 Å². The van der Waals surface area contributed by atoms with Crippen LogP contribution < -0.4 is 9.47 Å². The van der Waals surface area contributed by atoms with Crippen molar-refractivity contribution in [3.63, 3.8) is 0 Å². The normalized spacial score (nSPS) is 10.4. The van der Waals surface area contributed by atoms with Crippen LogP contribution in [0.2, 0.25) is 0 Å². The van der Waals surface area contributed by atoms with Crippen molar-refractivity contribution in [3.05, 3.63) is 64.2 Å². The summed E-state index contributed by atoms with van der Waals surface area (Å²) in [5.74, 6) is 0.822. The molecule has 0 fully saturated rings. The highest BCUT2D eigenvalue weighted by molar-refractivity contribution is 5.91. The Morgan fingerprint density at radius 1 is 1.04 bits per heavy atom. The predicted molar refractivity (Wildman–Crippen MR) is 84.8 cm³/mol. The Labute approximate surface area is 133 Å². The lowest BCUT2D eigenvalue weighted by Gasteiger charge is -2.09. The summed E-state index contributed by atoms with van der Waals surface area (Å²) in [5, 5.41) is 10.6. The van der Waals surface area contributed by atoms with Crippen molar-refractivity contribution in [1.29, 1.82) is 0 Å². The van der Waals surface area contributed by atoms with E-state index in [0.29, 0.717) is 23.8 Å². The molecule has 0 aliphatic heterocycles. The van der Waals surface area contributed by atoms with Crippen LogP contribution >= 0.6 is 0 Å². The van der Waals surface area contributed by atoms with E-state index in [2.05, 4.69) is 13.8 Å². The number of nitro benzene ring substituents is 1. The van der Waals surface area contributed by atoms with E-state index in [0.717, 1.165) is 0 Å². The average Bonchev–Trinajstić information content (AvgIpc) is 2.54. The minimum atomic E-state index is -0.533. The fraction of sp³-hybridized carbons (Fsp3) is 0.235. The summed E-state index contributed by atoms with van der Waals surface area (Å²) in [5.41, 5.74) is 0.316. The molecule has 0 bridgehead atoms. The summed E-state index contributed by atoms with van der Waals surface area (Å²) < 4.78 is 10.7. The second-order valence-corrected chi connectivity index (χ2v) is 5.37. The highest BCUT2D eigenvalue weighted by atomic mass is 16.6. The van der Waals surface area contributed by atoms with Crippen molar-refractivity contribution in [2.75, 3.05) is 6.61 Å². The van der Waals surface area contributed by atoms with Gasteiger partial charge in [-0.1, -0.05) is 13.8 Å². The first-order chi connectivity index (χ1) is 11.0. The van der Waals surface area contributed by atoms with Gasteiger partial charge in [0.15, 0.2) is 0 Å². The van der Waals surface area contributed by atoms with Gasteiger partial charge in [-0.25, -0.2) is 4.79 Å². The molecule has 0 atom stereocenters. The molecule has 0 aromatic heterocycles. The van der Waals surface area contributed by atoms with Crippen LogP contribution in [0.25, 0.3) is 0 Å². The molecule has 6 nitrogen and oxygen atoms in total. The number of rotatable bonds is 6. The predicted octanol–water partition coefficient (Wildman–Crippen LogP) is 3.85. The van der Waals surface area contributed by atoms with E-state index in [1.807, 2.05) is 0 Å². The van der Waals surface area contributed by atoms with Crippen LogP contribution in [0.5, 0.6) is 11.5 Å². The number of benzene rings is 2. The number of carbonyl (C=O) groups is 1. The fourth-order valence-electron chi connectivity index (χ4n) is 1.75. The quantitative estimate of drug-likeness (QED) is 0.350. The van der Waals surface area contributed by atoms with Gasteiger partial charge in [0, 0.05) is 12.1 Å². The van der Waals surface area contributed by atoms with Gasteiger partial charge in [0.1, 0.15) is 11.5 Å². The second-order valence-electron chi connectivity index (χ2n) is 5.37. The van der Waals surface area contributed by atoms with Gasteiger partial charge < -0.3 is 9.47 Å². The van der Waals surface area contributed by atoms with Crippen LogP contribution in [-0.4, -0.2) is 17.5 Å². The van der Waals surface area contributed by atoms with E-state index in [9.17, 15) is 14.9 Å². The first-order valence-electron chi connectivity index (χ1n) is 7.15. The van der Waals surface area contributed by atoms with E-state index < -0.39 is 10.9 Å². The van der Waals surface area contributed by atoms with Gasteiger partial charge >= 0.3 is 5.97 Å². The van der Waals surface area contributed by atoms with E-state index in [1.54, 1.807) is 24.3 Å². The third kappa shape index (κ3) is 4.81. The summed E-state index contributed by atoms with van der Waals surface area (Å²) in [6.45, 7) is 4.71. The number of nitrogens with zero attached hydrogens (tertiary/aromatic N) is 1. The molecule has 0 radical (unpaired) electrons. The molecule has 0 N–H and O–H groups in total. The molecule has 6 heteroatoms. The number of ether oxygens (including phenoxy) is 2. The summed E-state index contributed by atoms with van der Waals surface area (Å²) in [4.78, 5) is 22.1. The van der Waals surface area contributed by atoms with Crippen molar-refractivity contribution < 1.29 is 19.2 Å². The monoisotopic (exact) mass is 315 g/mol. The molecule has 0 saturated carbocycles. The lowest BCUT2D eigenvalue weighted by Crippen LogP contribution is -2.09. The molecule has 0 saturated heterocycles. The molecule has 0 aliphatic rings. The maximum absolute atomic E-state index is 12.0. The van der Waals surface area contributed by atoms with Crippen LogP contribution in [0.1, 0.15) is 24.2 Å². The first-order valence-corrected chi connectivity index (χ1v) is 7.15. The van der Waals surface area contributed by atoms with Gasteiger partial charge in [-0.05, 0) is 42.3 Å². The molecule has 0 heterocycles. The van der Waals surface area contributed by atoms with Gasteiger partial charge in [-0.3, -0.25) is 10.1 Å². The molecule has 0 aliphatic carbocycles. The number of nitro groups is 1. The zero-order valence-electron chi connectivity index (χ0n) is 12.9. The SMILES string of the molecule is CC(C)COc1ccc(C(=O)Oc2ccc([N+](=O)[O-])cc2)cc1. The molecule has 0 amide bonds. The molecule has 2 aromatic rings. The van der Waals surface area contributed by atoms with E-state index in [1.165, 1.54) is 24.3 Å². The Balaban J connectivity index is 1.98. The molecule has 2 aromatic carbocycles. The Hall–Kier alpha value is -2.89. The summed E-state index contributed by atoms with van der Waals surface area (Å²) in [6.07, 6.45) is 0. The Kier molecular flexibility index (Phi) is 5.30. The Morgan fingerprint density at radius 3 is 2.13 bits per heavy atom. The average molecular weight is 315 g/mol. The topological polar surface area (TPSA) is 78.7 Å². The van der Waals surface area contributed by atoms with Gasteiger partial charge in [0.2, 0.25) is 0 Å². The third-order valence-corrected chi connectivity index (χ3v) is 2.93. The molecule has 23 heavy (non-hydrogen) atoms. The second kappa shape index (κ2) is 7.40. The van der Waals surface area contributed by atoms with Crippen molar-refractivity contribution in [3.8, 4) is 11.5 Å². The maximum atomic E-state index is 12.0. The standard InChI is InChI=1S/C17H17NO5/c1-12(2)11-22-15-7-3-13(4-8-15)17(19)23-16-9-5-14(6-10-16)18(20)21/h3-10,12H,11H2,1-2H3. The van der Waals surface area contributed by atoms with Gasteiger partial charge in [0.05, 0.1) is 17.1 Å². The van der Waals surface area contributed by atoms with Crippen LogP contribution in [0.4, 0.5) is 5.69 Å². The molecular weight excluding hydrogens is 298 g/mol. The Morgan fingerprint density at radius 2 is 1.61 bits per heavy atom. The van der Waals surface area contributed by atoms with E-state index in [-0.39, 0.29) is 11.4 Å². The largest absolute Gasteiger partial charge is 0.493 e.